The van der Waals surface area contributed by atoms with Crippen LogP contribution >= 0.6 is 0 Å². The fourth-order valence-corrected chi connectivity index (χ4v) is 2.14. The van der Waals surface area contributed by atoms with Gasteiger partial charge in [0, 0.05) is 6.07 Å². The molecule has 1 fully saturated rings. The first-order chi connectivity index (χ1) is 9.90. The summed E-state index contributed by atoms with van der Waals surface area (Å²) in [6, 6.07) is 0.864. The smallest absolute Gasteiger partial charge is 0.227 e. The Morgan fingerprint density at radius 2 is 1.76 bits per heavy atom. The first kappa shape index (κ1) is 15.9. The second-order valence-electron chi connectivity index (χ2n) is 4.70. The van der Waals surface area contributed by atoms with E-state index in [1.807, 2.05) is 0 Å². The van der Waals surface area contributed by atoms with E-state index in [0.717, 1.165) is 6.07 Å². The summed E-state index contributed by atoms with van der Waals surface area (Å²) in [5, 5.41) is 57.0. The summed E-state index contributed by atoms with van der Waals surface area (Å²) >= 11 is 0. The minimum atomic E-state index is -1.70. The second kappa shape index (κ2) is 6.10. The molecule has 9 nitrogen and oxygen atoms in total. The maximum atomic E-state index is 11.5. The van der Waals surface area contributed by atoms with Gasteiger partial charge in [0.15, 0.2) is 5.76 Å². The number of aliphatic hydroxyl groups excluding tert-OH is 5. The first-order valence-corrected chi connectivity index (χ1v) is 6.18. The predicted molar refractivity (Wildman–Crippen MR) is 65.3 cm³/mol. The van der Waals surface area contributed by atoms with Gasteiger partial charge in [-0.05, 0) is 0 Å². The van der Waals surface area contributed by atoms with Crippen LogP contribution in [0.5, 0.6) is 5.75 Å². The van der Waals surface area contributed by atoms with Crippen molar-refractivity contribution < 1.29 is 39.8 Å². The average Bonchev–Trinajstić information content (AvgIpc) is 2.48. The van der Waals surface area contributed by atoms with Gasteiger partial charge in [-0.25, -0.2) is 0 Å². The summed E-state index contributed by atoms with van der Waals surface area (Å²) in [5.41, 5.74) is -0.864. The number of ether oxygens (including phenoxy) is 1. The van der Waals surface area contributed by atoms with Crippen molar-refractivity contribution in [2.45, 2.75) is 37.1 Å². The minimum absolute atomic E-state index is 0.176. The lowest BCUT2D eigenvalue weighted by Crippen LogP contribution is -2.55. The van der Waals surface area contributed by atoms with Crippen molar-refractivity contribution in [2.75, 3.05) is 6.61 Å². The summed E-state index contributed by atoms with van der Waals surface area (Å²) in [7, 11) is 0. The van der Waals surface area contributed by atoms with E-state index in [1.54, 1.807) is 0 Å². The molecule has 2 rings (SSSR count). The van der Waals surface area contributed by atoms with Crippen LogP contribution in [0.1, 0.15) is 17.6 Å². The third-order valence-electron chi connectivity index (χ3n) is 3.31. The molecule has 2 heterocycles. The number of aliphatic hydroxyl groups is 5. The lowest BCUT2D eigenvalue weighted by Gasteiger charge is -2.39. The van der Waals surface area contributed by atoms with Crippen molar-refractivity contribution in [3.05, 3.63) is 27.8 Å². The molecule has 1 aromatic rings. The SMILES string of the molecule is O=c1cc(CO)oc(C2O[C@H](CO)[C@H](O)[C@H](O)[C@H]2O)c1O. The van der Waals surface area contributed by atoms with E-state index in [4.69, 9.17) is 19.4 Å². The van der Waals surface area contributed by atoms with Crippen LogP contribution in [-0.4, -0.2) is 61.7 Å². The van der Waals surface area contributed by atoms with E-state index in [2.05, 4.69) is 0 Å². The van der Waals surface area contributed by atoms with Gasteiger partial charge in [-0.15, -0.1) is 0 Å². The number of aromatic hydroxyl groups is 1. The summed E-state index contributed by atoms with van der Waals surface area (Å²) in [4.78, 5) is 11.5. The highest BCUT2D eigenvalue weighted by atomic mass is 16.6. The molecule has 5 atom stereocenters. The van der Waals surface area contributed by atoms with E-state index in [9.17, 15) is 25.2 Å². The van der Waals surface area contributed by atoms with Crippen LogP contribution in [0.15, 0.2) is 15.3 Å². The van der Waals surface area contributed by atoms with Crippen LogP contribution in [0.3, 0.4) is 0 Å². The molecule has 1 saturated heterocycles. The maximum absolute atomic E-state index is 11.5. The molecule has 1 unspecified atom stereocenters. The Kier molecular flexibility index (Phi) is 4.61. The van der Waals surface area contributed by atoms with Gasteiger partial charge < -0.3 is 39.8 Å². The molecule has 0 bridgehead atoms. The topological polar surface area (TPSA) is 161 Å². The molecule has 21 heavy (non-hydrogen) atoms. The summed E-state index contributed by atoms with van der Waals surface area (Å²) in [6.45, 7) is -1.29. The van der Waals surface area contributed by atoms with Crippen molar-refractivity contribution in [3.8, 4) is 5.75 Å². The van der Waals surface area contributed by atoms with Crippen molar-refractivity contribution >= 4 is 0 Å². The molecule has 0 radical (unpaired) electrons. The fraction of sp³-hybridized carbons (Fsp3) is 0.583. The second-order valence-corrected chi connectivity index (χ2v) is 4.70. The summed E-state index contributed by atoms with van der Waals surface area (Å²) in [6.07, 6.45) is -7.65. The third-order valence-corrected chi connectivity index (χ3v) is 3.31. The van der Waals surface area contributed by atoms with Crippen LogP contribution in [0.2, 0.25) is 0 Å². The summed E-state index contributed by atoms with van der Waals surface area (Å²) < 4.78 is 10.2. The Balaban J connectivity index is 2.45. The molecule has 6 N–H and O–H groups in total. The zero-order valence-electron chi connectivity index (χ0n) is 10.8. The monoisotopic (exact) mass is 304 g/mol. The molecule has 0 aromatic carbocycles. The highest BCUT2D eigenvalue weighted by molar-refractivity contribution is 5.28. The highest BCUT2D eigenvalue weighted by Gasteiger charge is 2.46. The highest BCUT2D eigenvalue weighted by Crippen LogP contribution is 2.35. The minimum Gasteiger partial charge on any atom is -0.502 e. The predicted octanol–water partition coefficient (Wildman–Crippen LogP) is -2.65. The van der Waals surface area contributed by atoms with Crippen molar-refractivity contribution in [1.29, 1.82) is 0 Å². The maximum Gasteiger partial charge on any atom is 0.227 e. The number of hydrogen-bond acceptors (Lipinski definition) is 9. The molecule has 118 valence electrons. The van der Waals surface area contributed by atoms with Gasteiger partial charge in [0.1, 0.15) is 42.9 Å². The van der Waals surface area contributed by atoms with E-state index in [0.29, 0.717) is 0 Å². The zero-order valence-corrected chi connectivity index (χ0v) is 10.8. The van der Waals surface area contributed by atoms with Gasteiger partial charge in [0.2, 0.25) is 11.2 Å². The zero-order chi connectivity index (χ0) is 15.7. The molecular formula is C12H16O9. The summed E-state index contributed by atoms with van der Waals surface area (Å²) in [5.74, 6) is -1.52. The van der Waals surface area contributed by atoms with Crippen LogP contribution in [0.4, 0.5) is 0 Å². The molecule has 0 aliphatic carbocycles. The van der Waals surface area contributed by atoms with Gasteiger partial charge in [-0.2, -0.15) is 0 Å². The third kappa shape index (κ3) is 2.79. The fourth-order valence-electron chi connectivity index (χ4n) is 2.14. The Morgan fingerprint density at radius 1 is 1.10 bits per heavy atom. The van der Waals surface area contributed by atoms with E-state index < -0.39 is 60.7 Å². The van der Waals surface area contributed by atoms with Crippen LogP contribution in [0.25, 0.3) is 0 Å². The molecule has 0 spiro atoms. The lowest BCUT2D eigenvalue weighted by atomic mass is 9.93. The van der Waals surface area contributed by atoms with Gasteiger partial charge in [0.25, 0.3) is 0 Å². The van der Waals surface area contributed by atoms with E-state index in [-0.39, 0.29) is 5.76 Å². The van der Waals surface area contributed by atoms with Gasteiger partial charge in [0.05, 0.1) is 6.61 Å². The van der Waals surface area contributed by atoms with Gasteiger partial charge in [-0.1, -0.05) is 0 Å². The Labute approximate surface area is 118 Å². The largest absolute Gasteiger partial charge is 0.502 e. The van der Waals surface area contributed by atoms with E-state index >= 15 is 0 Å². The van der Waals surface area contributed by atoms with Crippen LogP contribution in [0, 0.1) is 0 Å². The molecule has 9 heteroatoms. The van der Waals surface area contributed by atoms with Crippen molar-refractivity contribution in [2.24, 2.45) is 0 Å². The standard InChI is InChI=1S/C12H16O9/c13-2-4-1-5(15)7(16)11(20-4)12-10(19)9(18)8(17)6(3-14)21-12/h1,6,8-10,12-14,16-19H,2-3H2/t6-,8+,9+,10-,12?/m1/s1. The normalized spacial score (nSPS) is 33.1. The van der Waals surface area contributed by atoms with Gasteiger partial charge >= 0.3 is 0 Å². The molecule has 1 aromatic heterocycles. The van der Waals surface area contributed by atoms with Gasteiger partial charge in [-0.3, -0.25) is 4.79 Å². The van der Waals surface area contributed by atoms with Crippen LogP contribution in [-0.2, 0) is 11.3 Å². The number of rotatable bonds is 3. The van der Waals surface area contributed by atoms with Crippen molar-refractivity contribution in [3.63, 3.8) is 0 Å². The molecule has 0 saturated carbocycles. The Bertz CT molecular complexity index is 552. The molecule has 1 aliphatic rings. The molecule has 0 amide bonds. The first-order valence-electron chi connectivity index (χ1n) is 6.18. The average molecular weight is 304 g/mol. The quantitative estimate of drug-likeness (QED) is 0.350. The van der Waals surface area contributed by atoms with E-state index in [1.165, 1.54) is 0 Å². The van der Waals surface area contributed by atoms with Crippen LogP contribution < -0.4 is 5.43 Å². The van der Waals surface area contributed by atoms with Crippen molar-refractivity contribution in [1.82, 2.24) is 0 Å². The Morgan fingerprint density at radius 3 is 2.33 bits per heavy atom. The molecular weight excluding hydrogens is 288 g/mol. The Hall–Kier alpha value is -1.49. The molecule has 1 aliphatic heterocycles. The number of hydrogen-bond donors (Lipinski definition) is 6. The lowest BCUT2D eigenvalue weighted by molar-refractivity contribution is -0.236.